The number of hydrogen-bond donors (Lipinski definition) is 3. The lowest BCUT2D eigenvalue weighted by Crippen LogP contribution is -2.56. The molecule has 4 rings (SSSR count). The Labute approximate surface area is 155 Å². The first-order valence-corrected chi connectivity index (χ1v) is 8.03. The average Bonchev–Trinajstić information content (AvgIpc) is 2.85. The van der Waals surface area contributed by atoms with E-state index in [1.165, 1.54) is 11.0 Å². The summed E-state index contributed by atoms with van der Waals surface area (Å²) in [7, 11) is -1.48. The molecule has 3 heterocycles. The van der Waals surface area contributed by atoms with E-state index in [1.807, 2.05) is 0 Å². The van der Waals surface area contributed by atoms with E-state index in [0.717, 1.165) is 4.90 Å². The van der Waals surface area contributed by atoms with Gasteiger partial charge < -0.3 is 25.0 Å². The second-order valence-corrected chi connectivity index (χ2v) is 6.28. The van der Waals surface area contributed by atoms with Gasteiger partial charge in [-0.2, -0.15) is 0 Å². The van der Waals surface area contributed by atoms with Crippen molar-refractivity contribution < 1.29 is 29.2 Å². The number of imide groups is 1. The van der Waals surface area contributed by atoms with Crippen molar-refractivity contribution in [1.29, 1.82) is 0 Å². The molecular weight excluding hydrogens is 364 g/mol. The minimum absolute atomic E-state index is 0. The molecule has 3 N–H and O–H groups in total. The largest absolute Gasteiger partial charge is 0.547 e. The number of urea groups is 1. The van der Waals surface area contributed by atoms with Crippen LogP contribution in [0, 0.1) is 0 Å². The number of carboxylic acids is 1. The molecule has 9 nitrogen and oxygen atoms in total. The second-order valence-electron chi connectivity index (χ2n) is 6.28. The van der Waals surface area contributed by atoms with E-state index in [1.54, 1.807) is 12.1 Å². The lowest BCUT2D eigenvalue weighted by atomic mass is 9.71. The molecule has 3 aliphatic rings. The molecular formula is C15H17BClN3O6. The molecule has 0 aliphatic carbocycles. The summed E-state index contributed by atoms with van der Waals surface area (Å²) in [4.78, 5) is 39.1. The number of piperazine rings is 1. The summed E-state index contributed by atoms with van der Waals surface area (Å²) in [5, 5.41) is 22.7. The molecule has 0 saturated carbocycles. The molecule has 11 heteroatoms. The van der Waals surface area contributed by atoms with E-state index in [0.29, 0.717) is 25.2 Å². The van der Waals surface area contributed by atoms with Gasteiger partial charge in [-0.3, -0.25) is 9.69 Å². The van der Waals surface area contributed by atoms with Crippen LogP contribution in [0.5, 0.6) is 5.75 Å². The van der Waals surface area contributed by atoms with E-state index in [9.17, 15) is 24.5 Å². The zero-order chi connectivity index (χ0) is 17.7. The van der Waals surface area contributed by atoms with Crippen molar-refractivity contribution in [2.45, 2.75) is 18.4 Å². The summed E-state index contributed by atoms with van der Waals surface area (Å²) >= 11 is 0. The van der Waals surface area contributed by atoms with Gasteiger partial charge in [-0.15, -0.1) is 12.4 Å². The maximum atomic E-state index is 12.6. The highest BCUT2D eigenvalue weighted by Gasteiger charge is 2.53. The van der Waals surface area contributed by atoms with Crippen molar-refractivity contribution in [3.8, 4) is 5.75 Å². The molecule has 0 radical (unpaired) electrons. The first-order valence-electron chi connectivity index (χ1n) is 8.03. The lowest BCUT2D eigenvalue weighted by molar-refractivity contribution is -0.129. The zero-order valence-corrected chi connectivity index (χ0v) is 14.4. The Morgan fingerprint density at radius 1 is 1.35 bits per heavy atom. The minimum Gasteiger partial charge on any atom is -0.534 e. The van der Waals surface area contributed by atoms with Gasteiger partial charge in [-0.05, 0) is 18.1 Å². The molecule has 0 aromatic heterocycles. The third kappa shape index (κ3) is 2.70. The Balaban J connectivity index is 0.00000196. The molecule has 0 bridgehead atoms. The van der Waals surface area contributed by atoms with Crippen LogP contribution in [0.25, 0.3) is 0 Å². The van der Waals surface area contributed by atoms with Gasteiger partial charge in [0.05, 0.1) is 11.5 Å². The SMILES string of the molecule is Cl.O=C(O)c1cccc2c1OB(O)[C@@H](N1C(=O)C3CNCCN3C1=O)C2. The Morgan fingerprint density at radius 2 is 2.12 bits per heavy atom. The monoisotopic (exact) mass is 381 g/mol. The number of benzene rings is 1. The van der Waals surface area contributed by atoms with Crippen LogP contribution in [0.2, 0.25) is 0 Å². The molecule has 1 unspecified atom stereocenters. The Kier molecular flexibility index (Phi) is 4.83. The first kappa shape index (κ1) is 18.5. The van der Waals surface area contributed by atoms with E-state index in [2.05, 4.69) is 5.32 Å². The van der Waals surface area contributed by atoms with E-state index < -0.39 is 31.1 Å². The normalized spacial score (nSPS) is 24.6. The van der Waals surface area contributed by atoms with Crippen LogP contribution in [0.1, 0.15) is 15.9 Å². The molecule has 1 aromatic rings. The number of rotatable bonds is 2. The van der Waals surface area contributed by atoms with Gasteiger partial charge in [0.1, 0.15) is 11.8 Å². The Hall–Kier alpha value is -2.30. The van der Waals surface area contributed by atoms with Gasteiger partial charge in [0.15, 0.2) is 0 Å². The Bertz CT molecular complexity index is 754. The van der Waals surface area contributed by atoms with Gasteiger partial charge in [-0.25, -0.2) is 9.59 Å². The summed E-state index contributed by atoms with van der Waals surface area (Å²) in [6.07, 6.45) is 0.142. The third-order valence-electron chi connectivity index (χ3n) is 4.87. The van der Waals surface area contributed by atoms with E-state index >= 15 is 0 Å². The number of carbonyl (C=O) groups is 3. The third-order valence-corrected chi connectivity index (χ3v) is 4.87. The first-order chi connectivity index (χ1) is 12.0. The number of fused-ring (bicyclic) bond motifs is 2. The number of nitrogens with one attached hydrogen (secondary N) is 1. The number of carboxylic acid groups (broad SMARTS) is 1. The van der Waals surface area contributed by atoms with Crippen LogP contribution in [0.4, 0.5) is 4.79 Å². The van der Waals surface area contributed by atoms with Gasteiger partial charge in [0.25, 0.3) is 5.91 Å². The van der Waals surface area contributed by atoms with Gasteiger partial charge in [-0.1, -0.05) is 12.1 Å². The van der Waals surface area contributed by atoms with Crippen molar-refractivity contribution in [2.75, 3.05) is 19.6 Å². The highest BCUT2D eigenvalue weighted by molar-refractivity contribution is 6.47. The van der Waals surface area contributed by atoms with Crippen LogP contribution in [-0.4, -0.2) is 76.6 Å². The molecule has 26 heavy (non-hydrogen) atoms. The highest BCUT2D eigenvalue weighted by atomic mass is 35.5. The smallest absolute Gasteiger partial charge is 0.534 e. The molecule has 1 aromatic carbocycles. The fourth-order valence-electron chi connectivity index (χ4n) is 3.65. The number of para-hydroxylation sites is 1. The fourth-order valence-corrected chi connectivity index (χ4v) is 3.65. The summed E-state index contributed by atoms with van der Waals surface area (Å²) in [5.74, 6) is -2.35. The number of nitrogens with zero attached hydrogens (tertiary/aromatic N) is 2. The number of amides is 3. The van der Waals surface area contributed by atoms with Crippen LogP contribution in [0.15, 0.2) is 18.2 Å². The molecule has 0 spiro atoms. The standard InChI is InChI=1S/C15H16BN3O6.ClH/c20-13-10-7-17-4-5-18(10)15(23)19(13)11-6-8-2-1-3-9(14(21)22)12(8)25-16(11)24;/h1-3,10-11,17,24H,4-7H2,(H,21,22);1H/t10?,11-;/m0./s1. The maximum absolute atomic E-state index is 12.6. The molecule has 3 aliphatic heterocycles. The Morgan fingerprint density at radius 3 is 2.81 bits per heavy atom. The summed E-state index contributed by atoms with van der Waals surface area (Å²) < 4.78 is 5.39. The van der Waals surface area contributed by atoms with Gasteiger partial charge in [0.2, 0.25) is 0 Å². The fraction of sp³-hybridized carbons (Fsp3) is 0.400. The maximum Gasteiger partial charge on any atom is 0.547 e. The average molecular weight is 382 g/mol. The quantitative estimate of drug-likeness (QED) is 0.461. The highest BCUT2D eigenvalue weighted by Crippen LogP contribution is 2.33. The number of carbonyl (C=O) groups excluding carboxylic acids is 2. The van der Waals surface area contributed by atoms with E-state index in [4.69, 9.17) is 4.65 Å². The van der Waals surface area contributed by atoms with Crippen LogP contribution in [-0.2, 0) is 11.2 Å². The predicted octanol–water partition coefficient (Wildman–Crippen LogP) is -0.634. The summed E-state index contributed by atoms with van der Waals surface area (Å²) in [5.41, 5.74) is 0.481. The predicted molar refractivity (Wildman–Crippen MR) is 92.3 cm³/mol. The van der Waals surface area contributed by atoms with Crippen molar-refractivity contribution in [3.63, 3.8) is 0 Å². The minimum atomic E-state index is -1.48. The lowest BCUT2D eigenvalue weighted by Gasteiger charge is -2.32. The van der Waals surface area contributed by atoms with Gasteiger partial charge >= 0.3 is 19.1 Å². The van der Waals surface area contributed by atoms with Crippen molar-refractivity contribution in [1.82, 2.24) is 15.1 Å². The van der Waals surface area contributed by atoms with Crippen molar-refractivity contribution in [2.24, 2.45) is 0 Å². The molecule has 2 atom stereocenters. The van der Waals surface area contributed by atoms with Crippen LogP contribution >= 0.6 is 12.4 Å². The molecule has 3 amide bonds. The molecule has 2 saturated heterocycles. The zero-order valence-electron chi connectivity index (χ0n) is 13.6. The number of aromatic carboxylic acids is 1. The molecule has 2 fully saturated rings. The second kappa shape index (κ2) is 6.78. The molecule has 138 valence electrons. The van der Waals surface area contributed by atoms with Crippen molar-refractivity contribution in [3.05, 3.63) is 29.3 Å². The van der Waals surface area contributed by atoms with Gasteiger partial charge in [0, 0.05) is 19.6 Å². The van der Waals surface area contributed by atoms with Crippen LogP contribution in [0.3, 0.4) is 0 Å². The van der Waals surface area contributed by atoms with E-state index in [-0.39, 0.29) is 36.0 Å². The van der Waals surface area contributed by atoms with Crippen LogP contribution < -0.4 is 9.97 Å². The number of halogens is 1. The van der Waals surface area contributed by atoms with Crippen molar-refractivity contribution >= 4 is 37.4 Å². The number of hydrogen-bond acceptors (Lipinski definition) is 6. The summed E-state index contributed by atoms with van der Waals surface area (Å²) in [6, 6.07) is 3.61. The summed E-state index contributed by atoms with van der Waals surface area (Å²) in [6.45, 7) is 1.41. The topological polar surface area (TPSA) is 119 Å².